The van der Waals surface area contributed by atoms with E-state index in [0.717, 1.165) is 5.75 Å². The highest BCUT2D eigenvalue weighted by atomic mass is 16.5. The maximum Gasteiger partial charge on any atom is 0.119 e. The minimum atomic E-state index is 0.390. The number of hydrogen-bond donors (Lipinski definition) is 1. The molecule has 0 fully saturated rings. The highest BCUT2D eigenvalue weighted by Gasteiger charge is 1.97. The molecule has 0 aromatic heterocycles. The molecule has 3 heteroatoms. The normalized spacial score (nSPS) is 12.4. The third kappa shape index (κ3) is 5.40. The van der Waals surface area contributed by atoms with E-state index in [2.05, 4.69) is 12.2 Å². The van der Waals surface area contributed by atoms with Gasteiger partial charge in [0.15, 0.2) is 0 Å². The van der Waals surface area contributed by atoms with Crippen LogP contribution in [0.5, 0.6) is 5.75 Å². The Morgan fingerprint density at radius 2 is 1.93 bits per heavy atom. The summed E-state index contributed by atoms with van der Waals surface area (Å²) in [6, 6.07) is 10.2. The Morgan fingerprint density at radius 1 is 1.20 bits per heavy atom. The first-order chi connectivity index (χ1) is 7.33. The van der Waals surface area contributed by atoms with Crippen LogP contribution in [0.25, 0.3) is 0 Å². The predicted octanol–water partition coefficient (Wildman–Crippen LogP) is 1.69. The summed E-state index contributed by atoms with van der Waals surface area (Å²) < 4.78 is 10.9. The van der Waals surface area contributed by atoms with Crippen LogP contribution in [0.15, 0.2) is 30.3 Å². The molecule has 0 aliphatic heterocycles. The molecule has 1 atom stereocenters. The molecule has 1 N–H and O–H groups in total. The SMILES string of the molecule is CNC(C)COCCOc1ccccc1. The van der Waals surface area contributed by atoms with Gasteiger partial charge in [0.25, 0.3) is 0 Å². The Bertz CT molecular complexity index is 251. The number of nitrogens with one attached hydrogen (secondary N) is 1. The number of hydrogen-bond acceptors (Lipinski definition) is 3. The van der Waals surface area contributed by atoms with Gasteiger partial charge in [-0.05, 0) is 26.1 Å². The van der Waals surface area contributed by atoms with Gasteiger partial charge in [0, 0.05) is 6.04 Å². The number of ether oxygens (including phenoxy) is 2. The molecule has 84 valence electrons. The van der Waals surface area contributed by atoms with Crippen molar-refractivity contribution in [2.24, 2.45) is 0 Å². The fourth-order valence-corrected chi connectivity index (χ4v) is 1.08. The molecule has 0 amide bonds. The summed E-state index contributed by atoms with van der Waals surface area (Å²) in [6.45, 7) is 4.02. The highest BCUT2D eigenvalue weighted by Crippen LogP contribution is 2.07. The van der Waals surface area contributed by atoms with Crippen molar-refractivity contribution in [2.75, 3.05) is 26.9 Å². The molecular weight excluding hydrogens is 190 g/mol. The van der Waals surface area contributed by atoms with E-state index in [-0.39, 0.29) is 0 Å². The third-order valence-electron chi connectivity index (χ3n) is 2.10. The summed E-state index contributed by atoms with van der Waals surface area (Å²) in [5.74, 6) is 0.891. The number of para-hydroxylation sites is 1. The molecule has 3 nitrogen and oxygen atoms in total. The molecule has 0 aliphatic carbocycles. The molecule has 0 spiro atoms. The van der Waals surface area contributed by atoms with Gasteiger partial charge < -0.3 is 14.8 Å². The molecule has 1 aromatic rings. The van der Waals surface area contributed by atoms with E-state index >= 15 is 0 Å². The molecular formula is C12H19NO2. The standard InChI is InChI=1S/C12H19NO2/c1-11(13-2)10-14-8-9-15-12-6-4-3-5-7-12/h3-7,11,13H,8-10H2,1-2H3. The van der Waals surface area contributed by atoms with Gasteiger partial charge in [-0.2, -0.15) is 0 Å². The summed E-state index contributed by atoms with van der Waals surface area (Å²) in [7, 11) is 1.93. The lowest BCUT2D eigenvalue weighted by Gasteiger charge is -2.11. The molecule has 0 heterocycles. The summed E-state index contributed by atoms with van der Waals surface area (Å²) in [5.41, 5.74) is 0. The van der Waals surface area contributed by atoms with Crippen LogP contribution in [0.4, 0.5) is 0 Å². The number of likely N-dealkylation sites (N-methyl/N-ethyl adjacent to an activating group) is 1. The average molecular weight is 209 g/mol. The second-order valence-corrected chi connectivity index (χ2v) is 3.43. The van der Waals surface area contributed by atoms with E-state index in [4.69, 9.17) is 9.47 Å². The van der Waals surface area contributed by atoms with Crippen LogP contribution in [-0.4, -0.2) is 32.9 Å². The topological polar surface area (TPSA) is 30.5 Å². The molecule has 0 saturated heterocycles. The Morgan fingerprint density at radius 3 is 2.60 bits per heavy atom. The zero-order valence-corrected chi connectivity index (χ0v) is 9.40. The summed E-state index contributed by atoms with van der Waals surface area (Å²) in [5, 5.41) is 3.11. The van der Waals surface area contributed by atoms with Crippen molar-refractivity contribution in [3.63, 3.8) is 0 Å². The van der Waals surface area contributed by atoms with Gasteiger partial charge in [-0.25, -0.2) is 0 Å². The molecule has 0 bridgehead atoms. The molecule has 1 rings (SSSR count). The van der Waals surface area contributed by atoms with Crippen molar-refractivity contribution < 1.29 is 9.47 Å². The van der Waals surface area contributed by atoms with Crippen molar-refractivity contribution in [1.29, 1.82) is 0 Å². The second kappa shape index (κ2) is 7.26. The number of benzene rings is 1. The first kappa shape index (κ1) is 12.0. The van der Waals surface area contributed by atoms with Crippen LogP contribution in [0, 0.1) is 0 Å². The molecule has 0 aliphatic rings. The molecule has 0 radical (unpaired) electrons. The van der Waals surface area contributed by atoms with Gasteiger partial charge in [0.2, 0.25) is 0 Å². The van der Waals surface area contributed by atoms with Crippen molar-refractivity contribution >= 4 is 0 Å². The predicted molar refractivity (Wildman–Crippen MR) is 61.3 cm³/mol. The zero-order chi connectivity index (χ0) is 10.9. The van der Waals surface area contributed by atoms with Gasteiger partial charge in [-0.1, -0.05) is 18.2 Å². The van der Waals surface area contributed by atoms with Crippen LogP contribution < -0.4 is 10.1 Å². The van der Waals surface area contributed by atoms with Gasteiger partial charge in [-0.15, -0.1) is 0 Å². The average Bonchev–Trinajstić information content (AvgIpc) is 2.29. The summed E-state index contributed by atoms with van der Waals surface area (Å²) >= 11 is 0. The third-order valence-corrected chi connectivity index (χ3v) is 2.10. The lowest BCUT2D eigenvalue weighted by Crippen LogP contribution is -2.27. The molecule has 0 saturated carbocycles. The highest BCUT2D eigenvalue weighted by molar-refractivity contribution is 5.20. The van der Waals surface area contributed by atoms with E-state index < -0.39 is 0 Å². The van der Waals surface area contributed by atoms with Gasteiger partial charge in [-0.3, -0.25) is 0 Å². The van der Waals surface area contributed by atoms with Crippen LogP contribution in [-0.2, 0) is 4.74 Å². The van der Waals surface area contributed by atoms with E-state index in [9.17, 15) is 0 Å². The van der Waals surface area contributed by atoms with Crippen LogP contribution in [0.3, 0.4) is 0 Å². The number of rotatable bonds is 7. The van der Waals surface area contributed by atoms with Crippen molar-refractivity contribution in [3.8, 4) is 5.75 Å². The van der Waals surface area contributed by atoms with E-state index in [1.165, 1.54) is 0 Å². The van der Waals surface area contributed by atoms with Crippen molar-refractivity contribution in [3.05, 3.63) is 30.3 Å². The quantitative estimate of drug-likeness (QED) is 0.693. The van der Waals surface area contributed by atoms with E-state index in [0.29, 0.717) is 25.9 Å². The van der Waals surface area contributed by atoms with E-state index in [1.807, 2.05) is 37.4 Å². The zero-order valence-electron chi connectivity index (χ0n) is 9.40. The van der Waals surface area contributed by atoms with Crippen molar-refractivity contribution in [2.45, 2.75) is 13.0 Å². The maximum absolute atomic E-state index is 5.48. The van der Waals surface area contributed by atoms with Crippen LogP contribution in [0.2, 0.25) is 0 Å². The lowest BCUT2D eigenvalue weighted by molar-refractivity contribution is 0.0880. The second-order valence-electron chi connectivity index (χ2n) is 3.43. The summed E-state index contributed by atoms with van der Waals surface area (Å²) in [6.07, 6.45) is 0. The smallest absolute Gasteiger partial charge is 0.119 e. The Balaban J connectivity index is 2.03. The Labute approximate surface area is 91.4 Å². The molecule has 1 aromatic carbocycles. The maximum atomic E-state index is 5.48. The van der Waals surface area contributed by atoms with Gasteiger partial charge in [0.1, 0.15) is 12.4 Å². The summed E-state index contributed by atoms with van der Waals surface area (Å²) in [4.78, 5) is 0. The Hall–Kier alpha value is -1.06. The lowest BCUT2D eigenvalue weighted by atomic mass is 10.3. The Kier molecular flexibility index (Phi) is 5.81. The fourth-order valence-electron chi connectivity index (χ4n) is 1.08. The van der Waals surface area contributed by atoms with Crippen LogP contribution >= 0.6 is 0 Å². The first-order valence-electron chi connectivity index (χ1n) is 5.26. The first-order valence-corrected chi connectivity index (χ1v) is 5.26. The largest absolute Gasteiger partial charge is 0.491 e. The van der Waals surface area contributed by atoms with Crippen molar-refractivity contribution in [1.82, 2.24) is 5.32 Å². The fraction of sp³-hybridized carbons (Fsp3) is 0.500. The van der Waals surface area contributed by atoms with Crippen LogP contribution in [0.1, 0.15) is 6.92 Å². The monoisotopic (exact) mass is 209 g/mol. The van der Waals surface area contributed by atoms with Gasteiger partial charge in [0.05, 0.1) is 13.2 Å². The molecule has 15 heavy (non-hydrogen) atoms. The minimum Gasteiger partial charge on any atom is -0.491 e. The minimum absolute atomic E-state index is 0.390. The molecule has 1 unspecified atom stereocenters. The van der Waals surface area contributed by atoms with Gasteiger partial charge >= 0.3 is 0 Å². The van der Waals surface area contributed by atoms with E-state index in [1.54, 1.807) is 0 Å².